The van der Waals surface area contributed by atoms with Crippen molar-refractivity contribution in [2.75, 3.05) is 7.05 Å². The highest BCUT2D eigenvalue weighted by molar-refractivity contribution is 9.10. The van der Waals surface area contributed by atoms with Crippen molar-refractivity contribution in [3.05, 3.63) is 68.4 Å². The van der Waals surface area contributed by atoms with Gasteiger partial charge in [-0.1, -0.05) is 45.7 Å². The van der Waals surface area contributed by atoms with Crippen LogP contribution in [0.25, 0.3) is 0 Å². The van der Waals surface area contributed by atoms with Gasteiger partial charge in [0.2, 0.25) is 0 Å². The van der Waals surface area contributed by atoms with Gasteiger partial charge in [0.1, 0.15) is 5.82 Å². The van der Waals surface area contributed by atoms with Gasteiger partial charge in [0.25, 0.3) is 0 Å². The minimum atomic E-state index is -0.273. The summed E-state index contributed by atoms with van der Waals surface area (Å²) in [6, 6.07) is 10.4. The van der Waals surface area contributed by atoms with Crippen molar-refractivity contribution in [3.63, 3.8) is 0 Å². The lowest BCUT2D eigenvalue weighted by Crippen LogP contribution is -2.19. The summed E-state index contributed by atoms with van der Waals surface area (Å²) in [5, 5.41) is 3.79. The standard InChI is InChI=1S/C15H14BrClFN/c1-9-4-3-5-11(14(9)17)15(19-2)12-8-10(16)6-7-13(12)18/h3-8,15,19H,1-2H3. The molecule has 0 spiro atoms. The van der Waals surface area contributed by atoms with E-state index in [4.69, 9.17) is 11.6 Å². The summed E-state index contributed by atoms with van der Waals surface area (Å²) < 4.78 is 14.9. The van der Waals surface area contributed by atoms with E-state index in [1.54, 1.807) is 19.2 Å². The van der Waals surface area contributed by atoms with Crippen LogP contribution in [0, 0.1) is 12.7 Å². The van der Waals surface area contributed by atoms with Gasteiger partial charge in [0.15, 0.2) is 0 Å². The fourth-order valence-electron chi connectivity index (χ4n) is 2.11. The van der Waals surface area contributed by atoms with E-state index in [1.165, 1.54) is 6.07 Å². The van der Waals surface area contributed by atoms with Crippen LogP contribution in [0.1, 0.15) is 22.7 Å². The fourth-order valence-corrected chi connectivity index (χ4v) is 2.72. The maximum atomic E-state index is 14.0. The molecular weight excluding hydrogens is 329 g/mol. The maximum Gasteiger partial charge on any atom is 0.128 e. The minimum absolute atomic E-state index is 0.250. The van der Waals surface area contributed by atoms with Gasteiger partial charge in [0, 0.05) is 15.1 Å². The smallest absolute Gasteiger partial charge is 0.128 e. The van der Waals surface area contributed by atoms with Crippen molar-refractivity contribution in [3.8, 4) is 0 Å². The highest BCUT2D eigenvalue weighted by Crippen LogP contribution is 2.32. The molecule has 0 aliphatic carbocycles. The Morgan fingerprint density at radius 2 is 1.95 bits per heavy atom. The molecular formula is C15H14BrClFN. The van der Waals surface area contributed by atoms with Gasteiger partial charge in [-0.3, -0.25) is 0 Å². The van der Waals surface area contributed by atoms with Crippen LogP contribution in [-0.2, 0) is 0 Å². The molecule has 1 atom stereocenters. The largest absolute Gasteiger partial charge is 0.309 e. The Morgan fingerprint density at radius 3 is 2.63 bits per heavy atom. The van der Waals surface area contributed by atoms with Crippen LogP contribution in [0.15, 0.2) is 40.9 Å². The van der Waals surface area contributed by atoms with E-state index in [0.717, 1.165) is 15.6 Å². The Labute approximate surface area is 125 Å². The van der Waals surface area contributed by atoms with Crippen molar-refractivity contribution in [2.24, 2.45) is 0 Å². The fraction of sp³-hybridized carbons (Fsp3) is 0.200. The lowest BCUT2D eigenvalue weighted by molar-refractivity contribution is 0.575. The second-order valence-electron chi connectivity index (χ2n) is 4.37. The average Bonchev–Trinajstić information content (AvgIpc) is 2.39. The molecule has 100 valence electrons. The van der Waals surface area contributed by atoms with Crippen LogP contribution in [0.5, 0.6) is 0 Å². The second-order valence-corrected chi connectivity index (χ2v) is 5.66. The van der Waals surface area contributed by atoms with Gasteiger partial charge >= 0.3 is 0 Å². The summed E-state index contributed by atoms with van der Waals surface area (Å²) in [5.41, 5.74) is 2.43. The number of halogens is 3. The molecule has 1 N–H and O–H groups in total. The second kappa shape index (κ2) is 6.04. The van der Waals surface area contributed by atoms with Crippen LogP contribution in [0.3, 0.4) is 0 Å². The van der Waals surface area contributed by atoms with Crippen LogP contribution in [0.2, 0.25) is 5.02 Å². The highest BCUT2D eigenvalue weighted by Gasteiger charge is 2.19. The molecule has 1 unspecified atom stereocenters. The van der Waals surface area contributed by atoms with Crippen molar-refractivity contribution < 1.29 is 4.39 Å². The van der Waals surface area contributed by atoms with E-state index >= 15 is 0 Å². The number of benzene rings is 2. The van der Waals surface area contributed by atoms with E-state index in [1.807, 2.05) is 25.1 Å². The van der Waals surface area contributed by atoms with E-state index in [2.05, 4.69) is 21.2 Å². The lowest BCUT2D eigenvalue weighted by atomic mass is 9.97. The molecule has 2 aromatic rings. The molecule has 0 heterocycles. The summed E-state index contributed by atoms with van der Waals surface area (Å²) in [6.07, 6.45) is 0. The van der Waals surface area contributed by atoms with Gasteiger partial charge in [-0.25, -0.2) is 4.39 Å². The van der Waals surface area contributed by atoms with Gasteiger partial charge in [0.05, 0.1) is 6.04 Å². The molecule has 0 bridgehead atoms. The quantitative estimate of drug-likeness (QED) is 0.840. The molecule has 0 aliphatic heterocycles. The molecule has 0 radical (unpaired) electrons. The summed E-state index contributed by atoms with van der Waals surface area (Å²) in [5.74, 6) is -0.250. The summed E-state index contributed by atoms with van der Waals surface area (Å²) >= 11 is 9.71. The predicted octanol–water partition coefficient (Wildman–Crippen LogP) is 4.86. The number of nitrogens with one attached hydrogen (secondary N) is 1. The molecule has 0 saturated heterocycles. The summed E-state index contributed by atoms with van der Waals surface area (Å²) in [7, 11) is 1.80. The van der Waals surface area contributed by atoms with Gasteiger partial charge in [-0.15, -0.1) is 0 Å². The molecule has 2 rings (SSSR count). The van der Waals surface area contributed by atoms with E-state index in [0.29, 0.717) is 10.6 Å². The third kappa shape index (κ3) is 2.99. The van der Waals surface area contributed by atoms with Gasteiger partial charge in [-0.2, -0.15) is 0 Å². The van der Waals surface area contributed by atoms with E-state index < -0.39 is 0 Å². The highest BCUT2D eigenvalue weighted by atomic mass is 79.9. The average molecular weight is 343 g/mol. The summed E-state index contributed by atoms with van der Waals surface area (Å²) in [6.45, 7) is 1.94. The number of rotatable bonds is 3. The zero-order chi connectivity index (χ0) is 14.0. The number of aryl methyl sites for hydroxylation is 1. The Hall–Kier alpha value is -0.900. The Morgan fingerprint density at radius 1 is 1.21 bits per heavy atom. The molecule has 0 aliphatic rings. The normalized spacial score (nSPS) is 12.5. The molecule has 19 heavy (non-hydrogen) atoms. The number of hydrogen-bond donors (Lipinski definition) is 1. The monoisotopic (exact) mass is 341 g/mol. The van der Waals surface area contributed by atoms with E-state index in [-0.39, 0.29) is 11.9 Å². The predicted molar refractivity (Wildman–Crippen MR) is 81.2 cm³/mol. The molecule has 0 aromatic heterocycles. The third-order valence-corrected chi connectivity index (χ3v) is 4.10. The molecule has 0 amide bonds. The molecule has 2 aromatic carbocycles. The Kier molecular flexibility index (Phi) is 4.61. The SMILES string of the molecule is CNC(c1cc(Br)ccc1F)c1cccc(C)c1Cl. The molecule has 0 fully saturated rings. The first-order valence-electron chi connectivity index (χ1n) is 5.92. The van der Waals surface area contributed by atoms with Gasteiger partial charge < -0.3 is 5.32 Å². The van der Waals surface area contributed by atoms with Crippen LogP contribution in [-0.4, -0.2) is 7.05 Å². The maximum absolute atomic E-state index is 14.0. The van der Waals surface area contributed by atoms with Crippen molar-refractivity contribution in [1.82, 2.24) is 5.32 Å². The first-order chi connectivity index (χ1) is 9.04. The molecule has 0 saturated carbocycles. The first-order valence-corrected chi connectivity index (χ1v) is 7.09. The van der Waals surface area contributed by atoms with Crippen LogP contribution >= 0.6 is 27.5 Å². The topological polar surface area (TPSA) is 12.0 Å². The van der Waals surface area contributed by atoms with Crippen molar-refractivity contribution in [1.29, 1.82) is 0 Å². The summed E-state index contributed by atoms with van der Waals surface area (Å²) in [4.78, 5) is 0. The Bertz CT molecular complexity index is 599. The van der Waals surface area contributed by atoms with Gasteiger partial charge in [-0.05, 0) is 43.3 Å². The van der Waals surface area contributed by atoms with Crippen LogP contribution in [0.4, 0.5) is 4.39 Å². The molecule has 4 heteroatoms. The van der Waals surface area contributed by atoms with Crippen molar-refractivity contribution in [2.45, 2.75) is 13.0 Å². The van der Waals surface area contributed by atoms with Crippen molar-refractivity contribution >= 4 is 27.5 Å². The number of hydrogen-bond acceptors (Lipinski definition) is 1. The molecule has 1 nitrogen and oxygen atoms in total. The first kappa shape index (κ1) is 14.5. The van der Waals surface area contributed by atoms with E-state index in [9.17, 15) is 4.39 Å². The lowest BCUT2D eigenvalue weighted by Gasteiger charge is -2.20. The third-order valence-electron chi connectivity index (χ3n) is 3.09. The zero-order valence-corrected chi connectivity index (χ0v) is 13.0. The zero-order valence-electron chi connectivity index (χ0n) is 10.7. The Balaban J connectivity index is 2.56. The van der Waals surface area contributed by atoms with Crippen LogP contribution < -0.4 is 5.32 Å². The minimum Gasteiger partial charge on any atom is -0.309 e.